The smallest absolute Gasteiger partial charge is 0.274 e. The quantitative estimate of drug-likeness (QED) is 0.825. The van der Waals surface area contributed by atoms with Gasteiger partial charge in [0, 0.05) is 25.4 Å². The average molecular weight is 284 g/mol. The lowest BCUT2D eigenvalue weighted by atomic mass is 10.2. The Labute approximate surface area is 122 Å². The molecule has 1 aromatic heterocycles. The fourth-order valence-corrected chi connectivity index (χ4v) is 2.02. The summed E-state index contributed by atoms with van der Waals surface area (Å²) >= 11 is 0. The van der Waals surface area contributed by atoms with Crippen molar-refractivity contribution in [3.8, 4) is 6.07 Å². The third-order valence-corrected chi connectivity index (χ3v) is 3.28. The van der Waals surface area contributed by atoms with Gasteiger partial charge in [-0.15, -0.1) is 0 Å². The molecule has 0 atom stereocenters. The minimum atomic E-state index is -0.194. The van der Waals surface area contributed by atoms with Crippen LogP contribution in [-0.4, -0.2) is 34.2 Å². The molecule has 0 N–H and O–H groups in total. The molecule has 108 valence electrons. The minimum absolute atomic E-state index is 0.105. The molecule has 6 heteroatoms. The van der Waals surface area contributed by atoms with Crippen LogP contribution in [0, 0.1) is 11.3 Å². The molecule has 2 aromatic rings. The highest BCUT2D eigenvalue weighted by Crippen LogP contribution is 2.06. The maximum atomic E-state index is 12.2. The Hall–Kier alpha value is -2.68. The van der Waals surface area contributed by atoms with Gasteiger partial charge in [-0.25, -0.2) is 4.68 Å². The van der Waals surface area contributed by atoms with Gasteiger partial charge in [0.2, 0.25) is 5.91 Å². The fraction of sp³-hybridized carbons (Fsp3) is 0.333. The third-order valence-electron chi connectivity index (χ3n) is 3.28. The van der Waals surface area contributed by atoms with Crippen LogP contribution in [0.4, 0.5) is 0 Å². The van der Waals surface area contributed by atoms with Gasteiger partial charge >= 0.3 is 0 Å². The summed E-state index contributed by atoms with van der Waals surface area (Å²) < 4.78 is 1.30. The molecule has 6 nitrogen and oxygen atoms in total. The van der Waals surface area contributed by atoms with Crippen molar-refractivity contribution in [3.63, 3.8) is 0 Å². The molecular formula is C15H16N4O2. The van der Waals surface area contributed by atoms with Crippen LogP contribution in [0.15, 0.2) is 35.3 Å². The first-order valence-electron chi connectivity index (χ1n) is 6.69. The molecule has 21 heavy (non-hydrogen) atoms. The lowest BCUT2D eigenvalue weighted by Crippen LogP contribution is -2.30. The van der Waals surface area contributed by atoms with Crippen molar-refractivity contribution in [2.45, 2.75) is 19.4 Å². The van der Waals surface area contributed by atoms with Crippen molar-refractivity contribution in [2.24, 2.45) is 0 Å². The van der Waals surface area contributed by atoms with Crippen molar-refractivity contribution >= 4 is 16.7 Å². The number of aromatic nitrogens is 2. The van der Waals surface area contributed by atoms with E-state index in [-0.39, 0.29) is 24.4 Å². The van der Waals surface area contributed by atoms with E-state index in [1.807, 2.05) is 18.2 Å². The number of amides is 1. The monoisotopic (exact) mass is 284 g/mol. The Morgan fingerprint density at radius 2 is 2.19 bits per heavy atom. The number of benzene rings is 1. The second kappa shape index (κ2) is 6.66. The van der Waals surface area contributed by atoms with E-state index < -0.39 is 0 Å². The number of fused-ring (bicyclic) bond motifs is 1. The maximum absolute atomic E-state index is 12.2. The van der Waals surface area contributed by atoms with Gasteiger partial charge in [-0.1, -0.05) is 18.2 Å². The van der Waals surface area contributed by atoms with Gasteiger partial charge in [-0.05, 0) is 6.07 Å². The largest absolute Gasteiger partial charge is 0.345 e. The van der Waals surface area contributed by atoms with E-state index in [1.54, 1.807) is 25.4 Å². The number of nitriles is 1. The average Bonchev–Trinajstić information content (AvgIpc) is 2.52. The molecule has 0 radical (unpaired) electrons. The van der Waals surface area contributed by atoms with Crippen LogP contribution in [0.25, 0.3) is 10.8 Å². The highest BCUT2D eigenvalue weighted by molar-refractivity contribution is 5.80. The number of carbonyl (C=O) groups is 1. The van der Waals surface area contributed by atoms with Gasteiger partial charge < -0.3 is 4.90 Å². The number of aryl methyl sites for hydroxylation is 1. The van der Waals surface area contributed by atoms with Gasteiger partial charge in [0.1, 0.15) is 0 Å². The van der Waals surface area contributed by atoms with Crippen molar-refractivity contribution in [2.75, 3.05) is 13.6 Å². The van der Waals surface area contributed by atoms with E-state index in [2.05, 4.69) is 5.10 Å². The fourth-order valence-electron chi connectivity index (χ4n) is 2.02. The van der Waals surface area contributed by atoms with E-state index in [9.17, 15) is 9.59 Å². The predicted octanol–water partition coefficient (Wildman–Crippen LogP) is 1.16. The molecule has 0 saturated heterocycles. The molecule has 0 spiro atoms. The van der Waals surface area contributed by atoms with Gasteiger partial charge in [0.25, 0.3) is 5.56 Å². The molecule has 1 aromatic carbocycles. The molecule has 0 unspecified atom stereocenters. The van der Waals surface area contributed by atoms with Crippen LogP contribution in [0.1, 0.15) is 12.8 Å². The first-order chi connectivity index (χ1) is 10.1. The van der Waals surface area contributed by atoms with Gasteiger partial charge in [-0.2, -0.15) is 10.4 Å². The summed E-state index contributed by atoms with van der Waals surface area (Å²) in [5.74, 6) is -0.105. The summed E-state index contributed by atoms with van der Waals surface area (Å²) in [6.45, 7) is 0.634. The third kappa shape index (κ3) is 3.45. The Bertz CT molecular complexity index is 745. The van der Waals surface area contributed by atoms with Gasteiger partial charge in [0.15, 0.2) is 0 Å². The number of hydrogen-bond acceptors (Lipinski definition) is 4. The number of carbonyl (C=O) groups excluding carboxylic acids is 1. The summed E-state index contributed by atoms with van der Waals surface area (Å²) in [4.78, 5) is 25.6. The number of hydrogen-bond donors (Lipinski definition) is 0. The summed E-state index contributed by atoms with van der Waals surface area (Å²) in [6.07, 6.45) is 2.12. The molecular weight excluding hydrogens is 268 g/mol. The first-order valence-corrected chi connectivity index (χ1v) is 6.69. The molecule has 1 heterocycles. The zero-order valence-electron chi connectivity index (χ0n) is 11.8. The summed E-state index contributed by atoms with van der Waals surface area (Å²) in [7, 11) is 1.65. The van der Waals surface area contributed by atoms with Crippen LogP contribution < -0.4 is 5.56 Å². The van der Waals surface area contributed by atoms with Crippen molar-refractivity contribution in [1.29, 1.82) is 5.26 Å². The standard InChI is InChI=1S/C15H16N4O2/c1-18(9-4-8-16)14(20)7-10-19-15(21)13-6-3-2-5-12(13)11-17-19/h2-3,5-6,11H,4,7,9-10H2,1H3. The van der Waals surface area contributed by atoms with Crippen molar-refractivity contribution < 1.29 is 4.79 Å². The molecule has 0 saturated carbocycles. The van der Waals surface area contributed by atoms with E-state index in [1.165, 1.54) is 9.58 Å². The lowest BCUT2D eigenvalue weighted by Gasteiger charge is -2.15. The SMILES string of the molecule is CN(CCC#N)C(=O)CCn1ncc2ccccc2c1=O. The number of rotatable bonds is 5. The molecule has 0 aliphatic carbocycles. The molecule has 2 rings (SSSR count). The van der Waals surface area contributed by atoms with Crippen LogP contribution in [-0.2, 0) is 11.3 Å². The maximum Gasteiger partial charge on any atom is 0.274 e. The first kappa shape index (κ1) is 14.7. The lowest BCUT2D eigenvalue weighted by molar-refractivity contribution is -0.130. The summed E-state index contributed by atoms with van der Waals surface area (Å²) in [5.41, 5.74) is -0.194. The zero-order valence-corrected chi connectivity index (χ0v) is 11.8. The normalized spacial score (nSPS) is 10.3. The van der Waals surface area contributed by atoms with E-state index in [0.717, 1.165) is 5.39 Å². The highest BCUT2D eigenvalue weighted by Gasteiger charge is 2.10. The molecule has 0 fully saturated rings. The zero-order chi connectivity index (χ0) is 15.2. The van der Waals surface area contributed by atoms with Crippen LogP contribution in [0.5, 0.6) is 0 Å². The van der Waals surface area contributed by atoms with E-state index >= 15 is 0 Å². The molecule has 0 aliphatic heterocycles. The number of nitrogens with zero attached hydrogens (tertiary/aromatic N) is 4. The highest BCUT2D eigenvalue weighted by atomic mass is 16.2. The van der Waals surface area contributed by atoms with Crippen molar-refractivity contribution in [1.82, 2.24) is 14.7 Å². The minimum Gasteiger partial charge on any atom is -0.345 e. The molecule has 0 bridgehead atoms. The van der Waals surface area contributed by atoms with Crippen LogP contribution >= 0.6 is 0 Å². The van der Waals surface area contributed by atoms with Gasteiger partial charge in [0.05, 0.1) is 30.6 Å². The van der Waals surface area contributed by atoms with Gasteiger partial charge in [-0.3, -0.25) is 9.59 Å². The second-order valence-electron chi connectivity index (χ2n) is 4.73. The topological polar surface area (TPSA) is 79.0 Å². The van der Waals surface area contributed by atoms with Crippen molar-refractivity contribution in [3.05, 3.63) is 40.8 Å². The van der Waals surface area contributed by atoms with Crippen LogP contribution in [0.2, 0.25) is 0 Å². The second-order valence-corrected chi connectivity index (χ2v) is 4.73. The molecule has 0 aliphatic rings. The summed E-state index contributed by atoms with van der Waals surface area (Å²) in [5, 5.41) is 14.0. The Balaban J connectivity index is 2.07. The van der Waals surface area contributed by atoms with Crippen LogP contribution in [0.3, 0.4) is 0 Å². The predicted molar refractivity (Wildman–Crippen MR) is 78.5 cm³/mol. The van der Waals surface area contributed by atoms with E-state index in [0.29, 0.717) is 18.4 Å². The van der Waals surface area contributed by atoms with E-state index in [4.69, 9.17) is 5.26 Å². The Morgan fingerprint density at radius 3 is 2.95 bits per heavy atom. The Kier molecular flexibility index (Phi) is 4.67. The Morgan fingerprint density at radius 1 is 1.43 bits per heavy atom. The molecule has 1 amide bonds. The summed E-state index contributed by atoms with van der Waals surface area (Å²) in [6, 6.07) is 9.22.